The smallest absolute Gasteiger partial charge is 0.120 e. The molecule has 0 spiro atoms. The zero-order valence-corrected chi connectivity index (χ0v) is 30.8. The lowest BCUT2D eigenvalue weighted by Crippen LogP contribution is -2.09. The van der Waals surface area contributed by atoms with E-state index in [0.29, 0.717) is 52.9 Å². The number of benzene rings is 5. The van der Waals surface area contributed by atoms with Crippen LogP contribution in [0.5, 0.6) is 11.5 Å². The van der Waals surface area contributed by atoms with Gasteiger partial charge in [-0.2, -0.15) is 0 Å². The van der Waals surface area contributed by atoms with Crippen LogP contribution in [0.4, 0.5) is 0 Å². The van der Waals surface area contributed by atoms with Crippen LogP contribution in [0.2, 0.25) is 0 Å². The average molecular weight is 699 g/mol. The van der Waals surface area contributed by atoms with Crippen LogP contribution >= 0.6 is 0 Å². The average Bonchev–Trinajstić information content (AvgIpc) is 3.17. The Morgan fingerprint density at radius 1 is 0.442 bits per heavy atom. The summed E-state index contributed by atoms with van der Waals surface area (Å²) >= 11 is 0. The van der Waals surface area contributed by atoms with Gasteiger partial charge in [-0.25, -0.2) is 0 Å². The van der Waals surface area contributed by atoms with Gasteiger partial charge in [0, 0.05) is 14.2 Å². The Labute approximate surface area is 309 Å². The first-order chi connectivity index (χ1) is 25.5. The standard InChI is InChI=1S/C46H50O6/c1-35-11-15-39(16-12-35)40-19-21-41(22-20-40)46-34-42(17-13-37-7-5-9-44(32-37)51-29-27-49-25-23-47-3)36(2)31-43(46)18-14-38-8-6-10-45(33-38)52-30-28-50-26-24-48-4/h5-22,31-34H,23-30H2,1-4H3. The molecule has 0 aliphatic rings. The van der Waals surface area contributed by atoms with Crippen molar-refractivity contribution in [3.8, 4) is 33.8 Å². The van der Waals surface area contributed by atoms with Crippen LogP contribution in [-0.2, 0) is 18.9 Å². The van der Waals surface area contributed by atoms with Gasteiger partial charge in [0.25, 0.3) is 0 Å². The van der Waals surface area contributed by atoms with Crippen LogP contribution in [-0.4, -0.2) is 67.1 Å². The van der Waals surface area contributed by atoms with Crippen molar-refractivity contribution >= 4 is 24.3 Å². The molecule has 5 aromatic carbocycles. The van der Waals surface area contributed by atoms with Crippen molar-refractivity contribution in [3.05, 3.63) is 143 Å². The molecule has 0 radical (unpaired) electrons. The molecule has 0 aliphatic carbocycles. The lowest BCUT2D eigenvalue weighted by molar-refractivity contribution is 0.0544. The second-order valence-electron chi connectivity index (χ2n) is 12.5. The minimum atomic E-state index is 0.482. The van der Waals surface area contributed by atoms with Crippen molar-refractivity contribution in [2.45, 2.75) is 13.8 Å². The number of aryl methyl sites for hydroxylation is 2. The maximum atomic E-state index is 5.94. The van der Waals surface area contributed by atoms with Crippen molar-refractivity contribution in [2.75, 3.05) is 67.1 Å². The summed E-state index contributed by atoms with van der Waals surface area (Å²) in [6, 6.07) is 38.3. The number of methoxy groups -OCH3 is 2. The summed E-state index contributed by atoms with van der Waals surface area (Å²) in [7, 11) is 3.33. The van der Waals surface area contributed by atoms with E-state index in [2.05, 4.69) is 123 Å². The molecule has 5 rings (SSSR count). The van der Waals surface area contributed by atoms with E-state index >= 15 is 0 Å². The molecule has 0 fully saturated rings. The van der Waals surface area contributed by atoms with Gasteiger partial charge in [-0.05, 0) is 94.3 Å². The number of hydrogen-bond donors (Lipinski definition) is 0. The van der Waals surface area contributed by atoms with Crippen LogP contribution in [0.3, 0.4) is 0 Å². The highest BCUT2D eigenvalue weighted by molar-refractivity contribution is 5.85. The summed E-state index contributed by atoms with van der Waals surface area (Å²) in [5.74, 6) is 1.62. The minimum absolute atomic E-state index is 0.482. The SMILES string of the molecule is COCCOCCOc1cccc(C=Cc2cc(-c3ccc(-c4ccc(C)cc4)cc3)c(C=Cc3cccc(OCCOCCOC)c3)cc2C)c1. The molecule has 0 unspecified atom stereocenters. The molecule has 0 bridgehead atoms. The molecule has 0 heterocycles. The molecule has 52 heavy (non-hydrogen) atoms. The second-order valence-corrected chi connectivity index (χ2v) is 12.5. The molecule has 0 aromatic heterocycles. The van der Waals surface area contributed by atoms with E-state index in [1.807, 2.05) is 24.3 Å². The predicted molar refractivity (Wildman–Crippen MR) is 214 cm³/mol. The monoisotopic (exact) mass is 698 g/mol. The minimum Gasteiger partial charge on any atom is -0.491 e. The normalized spacial score (nSPS) is 11.5. The van der Waals surface area contributed by atoms with Crippen LogP contribution in [0.15, 0.2) is 109 Å². The van der Waals surface area contributed by atoms with Crippen LogP contribution in [0.25, 0.3) is 46.6 Å². The second kappa shape index (κ2) is 20.8. The molecule has 5 aromatic rings. The molecule has 0 amide bonds. The Bertz CT molecular complexity index is 1880. The van der Waals surface area contributed by atoms with Crippen molar-refractivity contribution in [2.24, 2.45) is 0 Å². The molecule has 270 valence electrons. The zero-order valence-electron chi connectivity index (χ0n) is 30.8. The van der Waals surface area contributed by atoms with Crippen molar-refractivity contribution in [3.63, 3.8) is 0 Å². The van der Waals surface area contributed by atoms with Crippen LogP contribution in [0.1, 0.15) is 33.4 Å². The molecular weight excluding hydrogens is 649 g/mol. The largest absolute Gasteiger partial charge is 0.491 e. The predicted octanol–water partition coefficient (Wildman–Crippen LogP) is 10.1. The van der Waals surface area contributed by atoms with Crippen LogP contribution in [0, 0.1) is 13.8 Å². The maximum Gasteiger partial charge on any atom is 0.120 e. The van der Waals surface area contributed by atoms with Crippen molar-refractivity contribution in [1.82, 2.24) is 0 Å². The van der Waals surface area contributed by atoms with E-state index in [1.165, 1.54) is 22.3 Å². The Hall–Kier alpha value is -4.98. The summed E-state index contributed by atoms with van der Waals surface area (Å²) in [5, 5.41) is 0. The summed E-state index contributed by atoms with van der Waals surface area (Å²) in [6.07, 6.45) is 8.65. The molecule has 0 atom stereocenters. The third-order valence-electron chi connectivity index (χ3n) is 8.50. The van der Waals surface area contributed by atoms with E-state index in [9.17, 15) is 0 Å². The van der Waals surface area contributed by atoms with Gasteiger partial charge in [0.05, 0.1) is 39.6 Å². The summed E-state index contributed by atoms with van der Waals surface area (Å²) in [6.45, 7) is 8.54. The van der Waals surface area contributed by atoms with E-state index in [1.54, 1.807) is 14.2 Å². The van der Waals surface area contributed by atoms with Gasteiger partial charge in [-0.3, -0.25) is 0 Å². The van der Waals surface area contributed by atoms with Crippen molar-refractivity contribution < 1.29 is 28.4 Å². The molecular formula is C46H50O6. The fourth-order valence-electron chi connectivity index (χ4n) is 5.62. The summed E-state index contributed by atoms with van der Waals surface area (Å²) in [5.41, 5.74) is 11.6. The first-order valence-corrected chi connectivity index (χ1v) is 17.8. The highest BCUT2D eigenvalue weighted by Crippen LogP contribution is 2.32. The Morgan fingerprint density at radius 3 is 1.46 bits per heavy atom. The topological polar surface area (TPSA) is 55.4 Å². The van der Waals surface area contributed by atoms with E-state index in [4.69, 9.17) is 28.4 Å². The molecule has 6 heteroatoms. The van der Waals surface area contributed by atoms with Gasteiger partial charge in [0.15, 0.2) is 0 Å². The number of ether oxygens (including phenoxy) is 6. The van der Waals surface area contributed by atoms with Gasteiger partial charge in [0.1, 0.15) is 24.7 Å². The molecule has 0 saturated heterocycles. The Morgan fingerprint density at radius 2 is 0.923 bits per heavy atom. The highest BCUT2D eigenvalue weighted by Gasteiger charge is 2.09. The van der Waals surface area contributed by atoms with Gasteiger partial charge in [0.2, 0.25) is 0 Å². The fourth-order valence-corrected chi connectivity index (χ4v) is 5.62. The summed E-state index contributed by atoms with van der Waals surface area (Å²) < 4.78 is 33.0. The van der Waals surface area contributed by atoms with Gasteiger partial charge < -0.3 is 28.4 Å². The van der Waals surface area contributed by atoms with E-state index < -0.39 is 0 Å². The first kappa shape index (κ1) is 38.3. The number of rotatable bonds is 20. The van der Waals surface area contributed by atoms with Crippen LogP contribution < -0.4 is 9.47 Å². The summed E-state index contributed by atoms with van der Waals surface area (Å²) in [4.78, 5) is 0. The number of hydrogen-bond acceptors (Lipinski definition) is 6. The molecule has 0 N–H and O–H groups in total. The lowest BCUT2D eigenvalue weighted by atomic mass is 9.92. The van der Waals surface area contributed by atoms with Gasteiger partial charge >= 0.3 is 0 Å². The Kier molecular flexibility index (Phi) is 15.3. The van der Waals surface area contributed by atoms with Gasteiger partial charge in [-0.15, -0.1) is 0 Å². The van der Waals surface area contributed by atoms with E-state index in [0.717, 1.165) is 44.9 Å². The third-order valence-corrected chi connectivity index (χ3v) is 8.50. The lowest BCUT2D eigenvalue weighted by Gasteiger charge is -2.13. The molecule has 0 aliphatic heterocycles. The fraction of sp³-hybridized carbons (Fsp3) is 0.261. The third kappa shape index (κ3) is 12.1. The van der Waals surface area contributed by atoms with E-state index in [-0.39, 0.29) is 0 Å². The quantitative estimate of drug-likeness (QED) is 0.0596. The Balaban J connectivity index is 1.37. The molecule has 6 nitrogen and oxygen atoms in total. The highest BCUT2D eigenvalue weighted by atomic mass is 16.5. The zero-order chi connectivity index (χ0) is 36.4. The van der Waals surface area contributed by atoms with Crippen molar-refractivity contribution in [1.29, 1.82) is 0 Å². The maximum absolute atomic E-state index is 5.94. The molecule has 0 saturated carbocycles. The first-order valence-electron chi connectivity index (χ1n) is 17.8. The van der Waals surface area contributed by atoms with Gasteiger partial charge in [-0.1, -0.05) is 109 Å².